The van der Waals surface area contributed by atoms with Crippen LogP contribution in [-0.4, -0.2) is 54.3 Å². The van der Waals surface area contributed by atoms with E-state index in [2.05, 4.69) is 4.98 Å². The number of β-amino-alcohol motifs (C(OH)–C–C–N with tert-alkyl or cyclic N) is 1. The molecule has 4 rings (SSSR count). The van der Waals surface area contributed by atoms with Crippen molar-refractivity contribution in [2.45, 2.75) is 64.0 Å². The second kappa shape index (κ2) is 12.3. The zero-order valence-corrected chi connectivity index (χ0v) is 25.3. The minimum atomic E-state index is -5.07. The Bertz CT molecular complexity index is 1560. The number of carbonyl (C=O) groups excluding carboxylic acids is 2. The lowest BCUT2D eigenvalue weighted by Gasteiger charge is -2.32. The van der Waals surface area contributed by atoms with Gasteiger partial charge in [-0.25, -0.2) is 4.98 Å². The highest BCUT2D eigenvalue weighted by Crippen LogP contribution is 2.41. The van der Waals surface area contributed by atoms with Gasteiger partial charge in [0.2, 0.25) is 5.91 Å². The third-order valence-electron chi connectivity index (χ3n) is 7.98. The number of hydrogen-bond acceptors (Lipinski definition) is 6. The number of aryl methyl sites for hydroxylation is 1. The summed E-state index contributed by atoms with van der Waals surface area (Å²) in [5, 5.41) is 10.4. The number of benzene rings is 2. The van der Waals surface area contributed by atoms with Crippen molar-refractivity contribution in [3.8, 4) is 11.1 Å². The number of aliphatic hydroxyl groups is 1. The first-order valence-electron chi connectivity index (χ1n) is 14.0. The topological polar surface area (TPSA) is 83.0 Å². The first-order valence-corrected chi connectivity index (χ1v) is 14.0. The number of carbonyl (C=O) groups is 2. The number of nitrogens with zero attached hydrogens (tertiary/aromatic N) is 3. The maximum Gasteiger partial charge on any atom is 0.416 e. The summed E-state index contributed by atoms with van der Waals surface area (Å²) >= 11 is 0. The molecule has 0 spiro atoms. The first kappa shape index (κ1) is 33.8. The minimum Gasteiger partial charge on any atom is -0.464 e. The zero-order chi connectivity index (χ0) is 33.5. The summed E-state index contributed by atoms with van der Waals surface area (Å²) in [6.07, 6.45) is -9.15. The van der Waals surface area contributed by atoms with Crippen LogP contribution in [0.25, 0.3) is 11.1 Å². The largest absolute Gasteiger partial charge is 0.464 e. The van der Waals surface area contributed by atoms with E-state index in [-0.39, 0.29) is 30.9 Å². The van der Waals surface area contributed by atoms with Crippen molar-refractivity contribution in [3.05, 3.63) is 77.0 Å². The van der Waals surface area contributed by atoms with Gasteiger partial charge >= 0.3 is 18.3 Å². The van der Waals surface area contributed by atoms with E-state index in [1.807, 2.05) is 19.1 Å². The second-order valence-corrected chi connectivity index (χ2v) is 11.7. The molecule has 2 aromatic carbocycles. The number of alkyl halides is 6. The molecule has 7 nitrogen and oxygen atoms in total. The average molecular weight is 638 g/mol. The van der Waals surface area contributed by atoms with Gasteiger partial charge in [0.05, 0.1) is 40.6 Å². The van der Waals surface area contributed by atoms with Crippen molar-refractivity contribution in [3.63, 3.8) is 0 Å². The number of aromatic nitrogens is 1. The van der Waals surface area contributed by atoms with Gasteiger partial charge in [0.15, 0.2) is 0 Å². The molecule has 13 heteroatoms. The molecule has 1 aliphatic heterocycles. The summed E-state index contributed by atoms with van der Waals surface area (Å²) in [4.78, 5) is 32.9. The number of anilines is 2. The van der Waals surface area contributed by atoms with Gasteiger partial charge in [0, 0.05) is 26.1 Å². The van der Waals surface area contributed by atoms with Crippen LogP contribution in [0.1, 0.15) is 49.4 Å². The van der Waals surface area contributed by atoms with E-state index in [1.54, 1.807) is 23.1 Å². The van der Waals surface area contributed by atoms with E-state index in [1.165, 1.54) is 38.9 Å². The van der Waals surface area contributed by atoms with Gasteiger partial charge in [-0.1, -0.05) is 24.3 Å². The van der Waals surface area contributed by atoms with E-state index in [9.17, 15) is 41.0 Å². The molecule has 0 saturated carbocycles. The van der Waals surface area contributed by atoms with Gasteiger partial charge in [-0.2, -0.15) is 26.3 Å². The predicted octanol–water partition coefficient (Wildman–Crippen LogP) is 6.54. The third-order valence-corrected chi connectivity index (χ3v) is 7.98. The number of rotatable bonds is 7. The number of esters is 1. The Hall–Kier alpha value is -4.13. The first-order chi connectivity index (χ1) is 20.8. The standard InChI is InChI=1S/C32H33F6N3O4/c1-18-8-6-7-9-25(18)26-14-28(41-16-24(43)13-23(41)17-45-19(2)42)39-15-27(26)40(5)29(44)30(3,4)20-10-21(31(33,34)35)12-22(11-20)32(36,37)38/h6-12,14-15,23-24,43H,13,16-17H2,1-5H3/t23-,24+/m0/s1. The maximum absolute atomic E-state index is 14.0. The van der Waals surface area contributed by atoms with Crippen LogP contribution in [0.4, 0.5) is 37.8 Å². The molecular formula is C32H33F6N3O4. The Labute approximate surface area is 256 Å². The summed E-state index contributed by atoms with van der Waals surface area (Å²) in [7, 11) is 1.38. The molecule has 45 heavy (non-hydrogen) atoms. The van der Waals surface area contributed by atoms with Crippen molar-refractivity contribution < 1.29 is 45.8 Å². The Kier molecular flexibility index (Phi) is 9.26. The fraction of sp³-hybridized carbons (Fsp3) is 0.406. The maximum atomic E-state index is 14.0. The molecule has 0 bridgehead atoms. The lowest BCUT2D eigenvalue weighted by molar-refractivity contribution is -0.144. The number of halogens is 6. The average Bonchev–Trinajstić information content (AvgIpc) is 3.34. The number of pyridine rings is 1. The molecule has 0 aliphatic carbocycles. The number of aliphatic hydroxyl groups excluding tert-OH is 1. The van der Waals surface area contributed by atoms with Gasteiger partial charge < -0.3 is 19.6 Å². The fourth-order valence-corrected chi connectivity index (χ4v) is 5.46. The third kappa shape index (κ3) is 7.24. The van der Waals surface area contributed by atoms with Crippen LogP contribution in [0.5, 0.6) is 0 Å². The molecule has 0 unspecified atom stereocenters. The van der Waals surface area contributed by atoms with Crippen LogP contribution in [0.2, 0.25) is 0 Å². The molecular weight excluding hydrogens is 604 g/mol. The summed E-state index contributed by atoms with van der Waals surface area (Å²) in [6.45, 7) is 5.86. The van der Waals surface area contributed by atoms with Crippen LogP contribution >= 0.6 is 0 Å². The molecule has 1 N–H and O–H groups in total. The lowest BCUT2D eigenvalue weighted by atomic mass is 9.81. The van der Waals surface area contributed by atoms with E-state index >= 15 is 0 Å². The lowest BCUT2D eigenvalue weighted by Crippen LogP contribution is -2.42. The fourth-order valence-electron chi connectivity index (χ4n) is 5.46. The van der Waals surface area contributed by atoms with Gasteiger partial charge in [-0.05, 0) is 68.1 Å². The quantitative estimate of drug-likeness (QED) is 0.234. The zero-order valence-electron chi connectivity index (χ0n) is 25.3. The molecule has 3 aromatic rings. The van der Waals surface area contributed by atoms with Crippen LogP contribution in [0, 0.1) is 6.92 Å². The van der Waals surface area contributed by atoms with Gasteiger partial charge in [0.25, 0.3) is 0 Å². The highest BCUT2D eigenvalue weighted by Gasteiger charge is 2.41. The van der Waals surface area contributed by atoms with Crippen LogP contribution < -0.4 is 9.80 Å². The van der Waals surface area contributed by atoms with Gasteiger partial charge in [0.1, 0.15) is 12.4 Å². The van der Waals surface area contributed by atoms with Crippen LogP contribution in [-0.2, 0) is 32.1 Å². The van der Waals surface area contributed by atoms with Crippen LogP contribution in [0.3, 0.4) is 0 Å². The van der Waals surface area contributed by atoms with Crippen molar-refractivity contribution in [2.24, 2.45) is 0 Å². The van der Waals surface area contributed by atoms with E-state index in [0.717, 1.165) is 5.56 Å². The molecule has 2 atom stereocenters. The number of likely N-dealkylation sites (N-methyl/N-ethyl adjacent to an activating group) is 1. The second-order valence-electron chi connectivity index (χ2n) is 11.7. The molecule has 1 saturated heterocycles. The summed E-state index contributed by atoms with van der Waals surface area (Å²) in [6, 6.07) is 9.70. The SMILES string of the molecule is CC(=O)OC[C@@H]1C[C@@H](O)CN1c1cc(-c2ccccc2C)c(N(C)C(=O)C(C)(C)c2cc(C(F)(F)F)cc(C(F)(F)F)c2)cn1. The highest BCUT2D eigenvalue weighted by molar-refractivity contribution is 6.03. The Morgan fingerprint density at radius 1 is 0.978 bits per heavy atom. The van der Waals surface area contributed by atoms with E-state index in [0.29, 0.717) is 35.5 Å². The van der Waals surface area contributed by atoms with Crippen molar-refractivity contribution in [2.75, 3.05) is 30.0 Å². The molecule has 1 amide bonds. The molecule has 0 radical (unpaired) electrons. The van der Waals surface area contributed by atoms with E-state index in [4.69, 9.17) is 4.74 Å². The van der Waals surface area contributed by atoms with Gasteiger partial charge in [-0.3, -0.25) is 9.59 Å². The molecule has 1 aliphatic rings. The molecule has 1 aromatic heterocycles. The Balaban J connectivity index is 1.80. The number of hydrogen-bond donors (Lipinski definition) is 1. The summed E-state index contributed by atoms with van der Waals surface area (Å²) < 4.78 is 86.9. The number of ether oxygens (including phenoxy) is 1. The van der Waals surface area contributed by atoms with Crippen molar-refractivity contribution >= 4 is 23.4 Å². The molecule has 1 fully saturated rings. The number of amides is 1. The molecule has 242 valence electrons. The predicted molar refractivity (Wildman–Crippen MR) is 156 cm³/mol. The highest BCUT2D eigenvalue weighted by atomic mass is 19.4. The summed E-state index contributed by atoms with van der Waals surface area (Å²) in [5.41, 5.74) is -3.03. The van der Waals surface area contributed by atoms with Crippen LogP contribution in [0.15, 0.2) is 54.7 Å². The Morgan fingerprint density at radius 3 is 2.11 bits per heavy atom. The van der Waals surface area contributed by atoms with E-state index < -0.39 is 52.4 Å². The van der Waals surface area contributed by atoms with Crippen molar-refractivity contribution in [1.29, 1.82) is 0 Å². The minimum absolute atomic E-state index is 0.0129. The van der Waals surface area contributed by atoms with Crippen molar-refractivity contribution in [1.82, 2.24) is 4.98 Å². The van der Waals surface area contributed by atoms with Gasteiger partial charge in [-0.15, -0.1) is 0 Å². The summed E-state index contributed by atoms with van der Waals surface area (Å²) in [5.74, 6) is -0.840. The normalized spacial score (nSPS) is 17.4. The Morgan fingerprint density at radius 2 is 1.56 bits per heavy atom. The monoisotopic (exact) mass is 637 g/mol. The smallest absolute Gasteiger partial charge is 0.416 e. The molecule has 2 heterocycles.